The number of thioether (sulfide) groups is 1. The molecule has 6 heteroatoms. The first-order valence-electron chi connectivity index (χ1n) is 8.57. The number of hydrogen-bond acceptors (Lipinski definition) is 5. The van der Waals surface area contributed by atoms with Crippen LogP contribution < -0.4 is 10.2 Å². The normalized spacial score (nSPS) is 18.2. The number of nitrogens with one attached hydrogen (secondary N) is 1. The van der Waals surface area contributed by atoms with Crippen molar-refractivity contribution in [1.82, 2.24) is 10.3 Å². The molecular weight excluding hydrogens is 338 g/mol. The third kappa shape index (κ3) is 3.30. The molecule has 0 radical (unpaired) electrons. The number of anilines is 2. The fraction of sp³-hybridized carbons (Fsp3) is 0.444. The number of pyridine rings is 1. The van der Waals surface area contributed by atoms with Crippen molar-refractivity contribution >= 4 is 39.7 Å². The number of nitrogens with zero attached hydrogens (tertiary/aromatic N) is 2. The maximum absolute atomic E-state index is 12.5. The van der Waals surface area contributed by atoms with Gasteiger partial charge in [0.2, 0.25) is 0 Å². The van der Waals surface area contributed by atoms with Crippen molar-refractivity contribution in [2.75, 3.05) is 17.2 Å². The van der Waals surface area contributed by atoms with Gasteiger partial charge in [-0.2, -0.15) is 0 Å². The van der Waals surface area contributed by atoms with E-state index in [2.05, 4.69) is 27.3 Å². The summed E-state index contributed by atoms with van der Waals surface area (Å²) < 4.78 is 0. The first-order chi connectivity index (χ1) is 11.8. The Labute approximate surface area is 150 Å². The molecule has 0 bridgehead atoms. The van der Waals surface area contributed by atoms with Crippen LogP contribution in [-0.4, -0.2) is 29.2 Å². The molecule has 2 aromatic heterocycles. The van der Waals surface area contributed by atoms with Gasteiger partial charge in [0.1, 0.15) is 5.03 Å². The van der Waals surface area contributed by atoms with Crippen LogP contribution in [0.1, 0.15) is 41.8 Å². The standard InChI is InChI=1S/C18H21N3OS2/c22-17(20-13-5-2-1-3-6-13)15-8-9-16(24-15)21-11-12-23-18-14(21)7-4-10-19-18/h4,7-10,13H,1-3,5-6,11-12H2,(H,20,22). The lowest BCUT2D eigenvalue weighted by atomic mass is 9.95. The summed E-state index contributed by atoms with van der Waals surface area (Å²) in [4.78, 5) is 20.1. The third-order valence-electron chi connectivity index (χ3n) is 4.62. The molecule has 1 amide bonds. The molecule has 0 unspecified atom stereocenters. The van der Waals surface area contributed by atoms with Gasteiger partial charge in [0.25, 0.3) is 5.91 Å². The molecule has 2 aliphatic rings. The van der Waals surface area contributed by atoms with Gasteiger partial charge in [-0.15, -0.1) is 23.1 Å². The smallest absolute Gasteiger partial charge is 0.261 e. The Morgan fingerprint density at radius 3 is 2.96 bits per heavy atom. The minimum atomic E-state index is 0.0796. The molecule has 126 valence electrons. The van der Waals surface area contributed by atoms with Crippen LogP contribution in [0.25, 0.3) is 0 Å². The lowest BCUT2D eigenvalue weighted by molar-refractivity contribution is 0.0932. The Hall–Kier alpha value is -1.53. The van der Waals surface area contributed by atoms with Gasteiger partial charge in [-0.3, -0.25) is 4.79 Å². The number of rotatable bonds is 3. The van der Waals surface area contributed by atoms with Crippen LogP contribution >= 0.6 is 23.1 Å². The van der Waals surface area contributed by atoms with E-state index in [0.717, 1.165) is 45.7 Å². The first kappa shape index (κ1) is 16.0. The predicted octanol–water partition coefficient (Wildman–Crippen LogP) is 4.45. The summed E-state index contributed by atoms with van der Waals surface area (Å²) in [5.74, 6) is 1.10. The van der Waals surface area contributed by atoms with Crippen LogP contribution in [0.5, 0.6) is 0 Å². The van der Waals surface area contributed by atoms with E-state index in [1.807, 2.05) is 18.3 Å². The SMILES string of the molecule is O=C(NC1CCCCC1)c1ccc(N2CCSc3ncccc32)s1. The van der Waals surface area contributed by atoms with E-state index in [9.17, 15) is 4.79 Å². The van der Waals surface area contributed by atoms with Crippen molar-refractivity contribution in [1.29, 1.82) is 0 Å². The molecular formula is C18H21N3OS2. The molecule has 4 rings (SSSR count). The first-order valence-corrected chi connectivity index (χ1v) is 10.4. The summed E-state index contributed by atoms with van der Waals surface area (Å²) >= 11 is 3.37. The molecule has 0 atom stereocenters. The highest BCUT2D eigenvalue weighted by molar-refractivity contribution is 7.99. The number of fused-ring (bicyclic) bond motifs is 1. The molecule has 1 N–H and O–H groups in total. The van der Waals surface area contributed by atoms with Crippen LogP contribution in [0.4, 0.5) is 10.7 Å². The largest absolute Gasteiger partial charge is 0.349 e. The van der Waals surface area contributed by atoms with Crippen LogP contribution in [0.2, 0.25) is 0 Å². The summed E-state index contributed by atoms with van der Waals surface area (Å²) in [6.07, 6.45) is 7.84. The number of carbonyl (C=O) groups is 1. The third-order valence-corrected chi connectivity index (χ3v) is 6.70. The molecule has 4 nitrogen and oxygen atoms in total. The number of aromatic nitrogens is 1. The van der Waals surface area contributed by atoms with E-state index >= 15 is 0 Å². The molecule has 2 aromatic rings. The number of thiophene rings is 1. The Morgan fingerprint density at radius 2 is 2.08 bits per heavy atom. The van der Waals surface area contributed by atoms with Gasteiger partial charge in [0, 0.05) is 24.5 Å². The van der Waals surface area contributed by atoms with E-state index in [4.69, 9.17) is 0 Å². The highest BCUT2D eigenvalue weighted by Gasteiger charge is 2.23. The monoisotopic (exact) mass is 359 g/mol. The van der Waals surface area contributed by atoms with E-state index in [-0.39, 0.29) is 5.91 Å². The van der Waals surface area contributed by atoms with Gasteiger partial charge in [0.05, 0.1) is 15.6 Å². The van der Waals surface area contributed by atoms with Gasteiger partial charge < -0.3 is 10.2 Å². The number of carbonyl (C=O) groups excluding carboxylic acids is 1. The second-order valence-corrected chi connectivity index (χ2v) is 8.42. The van der Waals surface area contributed by atoms with Gasteiger partial charge >= 0.3 is 0 Å². The molecule has 24 heavy (non-hydrogen) atoms. The molecule has 1 fully saturated rings. The highest BCUT2D eigenvalue weighted by atomic mass is 32.2. The second kappa shape index (κ2) is 7.15. The summed E-state index contributed by atoms with van der Waals surface area (Å²) in [5.41, 5.74) is 1.15. The maximum Gasteiger partial charge on any atom is 0.261 e. The van der Waals surface area contributed by atoms with Crippen LogP contribution in [0.3, 0.4) is 0 Å². The Kier molecular flexibility index (Phi) is 4.76. The Morgan fingerprint density at radius 1 is 1.21 bits per heavy atom. The minimum Gasteiger partial charge on any atom is -0.349 e. The lowest BCUT2D eigenvalue weighted by Gasteiger charge is -2.28. The Balaban J connectivity index is 1.50. The summed E-state index contributed by atoms with van der Waals surface area (Å²) in [6, 6.07) is 8.45. The van der Waals surface area contributed by atoms with E-state index in [0.29, 0.717) is 6.04 Å². The zero-order valence-corrected chi connectivity index (χ0v) is 15.2. The lowest BCUT2D eigenvalue weighted by Crippen LogP contribution is -2.35. The van der Waals surface area contributed by atoms with Crippen molar-refractivity contribution in [2.45, 2.75) is 43.2 Å². The summed E-state index contributed by atoms with van der Waals surface area (Å²) in [5, 5.41) is 5.40. The number of hydrogen-bond donors (Lipinski definition) is 1. The maximum atomic E-state index is 12.5. The van der Waals surface area contributed by atoms with Gasteiger partial charge in [0.15, 0.2) is 0 Å². The van der Waals surface area contributed by atoms with E-state index in [1.165, 1.54) is 19.3 Å². The van der Waals surface area contributed by atoms with Crippen LogP contribution in [0, 0.1) is 0 Å². The number of amides is 1. The van der Waals surface area contributed by atoms with Crippen molar-refractivity contribution < 1.29 is 4.79 Å². The van der Waals surface area contributed by atoms with Crippen molar-refractivity contribution in [3.63, 3.8) is 0 Å². The topological polar surface area (TPSA) is 45.2 Å². The van der Waals surface area contributed by atoms with Gasteiger partial charge in [-0.25, -0.2) is 4.98 Å². The molecule has 0 saturated heterocycles. The molecule has 0 aromatic carbocycles. The van der Waals surface area contributed by atoms with E-state index in [1.54, 1.807) is 23.1 Å². The van der Waals surface area contributed by atoms with Gasteiger partial charge in [-0.05, 0) is 37.1 Å². The average Bonchev–Trinajstić information content (AvgIpc) is 3.12. The summed E-state index contributed by atoms with van der Waals surface area (Å²) in [6.45, 7) is 0.952. The summed E-state index contributed by atoms with van der Waals surface area (Å²) in [7, 11) is 0. The molecule has 1 aliphatic heterocycles. The van der Waals surface area contributed by atoms with Gasteiger partial charge in [-0.1, -0.05) is 19.3 Å². The fourth-order valence-corrected chi connectivity index (χ4v) is 5.26. The molecule has 0 spiro atoms. The zero-order chi connectivity index (χ0) is 16.4. The highest BCUT2D eigenvalue weighted by Crippen LogP contribution is 2.40. The minimum absolute atomic E-state index is 0.0796. The quantitative estimate of drug-likeness (QED) is 0.879. The average molecular weight is 360 g/mol. The fourth-order valence-electron chi connectivity index (χ4n) is 3.38. The van der Waals surface area contributed by atoms with Crippen molar-refractivity contribution in [2.24, 2.45) is 0 Å². The van der Waals surface area contributed by atoms with Crippen LogP contribution in [0.15, 0.2) is 35.5 Å². The predicted molar refractivity (Wildman–Crippen MR) is 101 cm³/mol. The molecule has 1 saturated carbocycles. The second-order valence-electron chi connectivity index (χ2n) is 6.27. The zero-order valence-electron chi connectivity index (χ0n) is 13.5. The van der Waals surface area contributed by atoms with E-state index < -0.39 is 0 Å². The molecule has 3 heterocycles. The van der Waals surface area contributed by atoms with Crippen molar-refractivity contribution in [3.05, 3.63) is 35.3 Å². The Bertz CT molecular complexity index is 725. The molecule has 1 aliphatic carbocycles. The van der Waals surface area contributed by atoms with Crippen LogP contribution in [-0.2, 0) is 0 Å². The van der Waals surface area contributed by atoms with Crippen molar-refractivity contribution in [3.8, 4) is 0 Å².